The molecule has 1 N–H and O–H groups in total. The molecule has 3 fully saturated rings. The number of rotatable bonds is 1. The predicted octanol–water partition coefficient (Wildman–Crippen LogP) is 1.76. The lowest BCUT2D eigenvalue weighted by Crippen LogP contribution is -2.50. The summed E-state index contributed by atoms with van der Waals surface area (Å²) in [5, 5.41) is 0. The highest BCUT2D eigenvalue weighted by molar-refractivity contribution is 5.88. The first kappa shape index (κ1) is 17.9. The van der Waals surface area contributed by atoms with Gasteiger partial charge in [-0.1, -0.05) is 0 Å². The van der Waals surface area contributed by atoms with E-state index in [0.29, 0.717) is 18.9 Å². The fraction of sp³-hybridized carbons (Fsp3) is 0.714. The van der Waals surface area contributed by atoms with Crippen LogP contribution < -0.4 is 5.56 Å². The number of fused-ring (bicyclic) bond motifs is 2. The van der Waals surface area contributed by atoms with Crippen molar-refractivity contribution in [1.29, 1.82) is 0 Å². The van der Waals surface area contributed by atoms with Crippen LogP contribution in [-0.2, 0) is 26.2 Å². The minimum Gasteiger partial charge on any atom is -0.458 e. The quantitative estimate of drug-likeness (QED) is 0.744. The van der Waals surface area contributed by atoms with E-state index in [4.69, 9.17) is 4.74 Å². The Hall–Kier alpha value is -2.18. The summed E-state index contributed by atoms with van der Waals surface area (Å²) in [5.74, 6) is 0.192. The fourth-order valence-corrected chi connectivity index (χ4v) is 6.05. The Labute approximate surface area is 163 Å². The van der Waals surface area contributed by atoms with Crippen LogP contribution in [0.1, 0.15) is 68.4 Å². The topological polar surface area (TPSA) is 92.4 Å². The van der Waals surface area contributed by atoms with Crippen molar-refractivity contribution in [3.63, 3.8) is 0 Å². The van der Waals surface area contributed by atoms with Crippen LogP contribution in [-0.4, -0.2) is 45.4 Å². The van der Waals surface area contributed by atoms with Crippen LogP contribution in [0.15, 0.2) is 4.79 Å². The molecule has 1 aromatic rings. The molecular weight excluding hydrogens is 358 g/mol. The van der Waals surface area contributed by atoms with Gasteiger partial charge in [0.25, 0.3) is 5.56 Å². The SMILES string of the molecule is Cc1nc2c(c(=O)[nH]1)CCC21CCN(C(=O)C2CC(=O)OC23CCCC3)CC1. The smallest absolute Gasteiger partial charge is 0.307 e. The van der Waals surface area contributed by atoms with Crippen LogP contribution >= 0.6 is 0 Å². The van der Waals surface area contributed by atoms with Gasteiger partial charge in [-0.2, -0.15) is 0 Å². The third-order valence-electron chi connectivity index (χ3n) is 7.59. The Kier molecular flexibility index (Phi) is 3.93. The first-order valence-corrected chi connectivity index (χ1v) is 10.5. The molecule has 1 unspecified atom stereocenters. The van der Waals surface area contributed by atoms with Gasteiger partial charge < -0.3 is 14.6 Å². The number of hydrogen-bond donors (Lipinski definition) is 1. The van der Waals surface area contributed by atoms with Gasteiger partial charge in [-0.25, -0.2) is 4.98 Å². The number of ether oxygens (including phenoxy) is 1. The first-order chi connectivity index (χ1) is 13.4. The van der Waals surface area contributed by atoms with Crippen molar-refractivity contribution >= 4 is 11.9 Å². The van der Waals surface area contributed by atoms with E-state index < -0.39 is 5.60 Å². The molecule has 7 heteroatoms. The van der Waals surface area contributed by atoms with Gasteiger partial charge in [0.1, 0.15) is 11.4 Å². The molecule has 1 saturated carbocycles. The molecule has 28 heavy (non-hydrogen) atoms. The van der Waals surface area contributed by atoms with Gasteiger partial charge in [0, 0.05) is 24.1 Å². The van der Waals surface area contributed by atoms with Crippen LogP contribution in [0.4, 0.5) is 0 Å². The summed E-state index contributed by atoms with van der Waals surface area (Å²) < 4.78 is 5.67. The molecular formula is C21H27N3O4. The molecule has 2 aliphatic carbocycles. The fourth-order valence-electron chi connectivity index (χ4n) is 6.05. The molecule has 7 nitrogen and oxygen atoms in total. The number of nitrogens with one attached hydrogen (secondary N) is 1. The maximum absolute atomic E-state index is 13.3. The zero-order chi connectivity index (χ0) is 19.5. The van der Waals surface area contributed by atoms with Gasteiger partial charge in [-0.15, -0.1) is 0 Å². The molecule has 1 aromatic heterocycles. The van der Waals surface area contributed by atoms with Crippen LogP contribution in [0.3, 0.4) is 0 Å². The van der Waals surface area contributed by atoms with Crippen molar-refractivity contribution in [2.24, 2.45) is 5.92 Å². The Balaban J connectivity index is 1.34. The maximum Gasteiger partial charge on any atom is 0.307 e. The molecule has 0 radical (unpaired) electrons. The number of esters is 1. The van der Waals surface area contributed by atoms with Crippen molar-refractivity contribution in [3.05, 3.63) is 27.4 Å². The number of H-pyrrole nitrogens is 1. The summed E-state index contributed by atoms with van der Waals surface area (Å²) >= 11 is 0. The van der Waals surface area contributed by atoms with Crippen molar-refractivity contribution < 1.29 is 14.3 Å². The Bertz CT molecular complexity index is 891. The number of aromatic nitrogens is 2. The molecule has 0 bridgehead atoms. The number of aromatic amines is 1. The number of piperidine rings is 1. The number of hydrogen-bond acceptors (Lipinski definition) is 5. The molecule has 3 heterocycles. The molecule has 5 rings (SSSR count). The summed E-state index contributed by atoms with van der Waals surface area (Å²) in [7, 11) is 0. The van der Waals surface area contributed by atoms with E-state index in [9.17, 15) is 14.4 Å². The second-order valence-corrected chi connectivity index (χ2v) is 9.09. The maximum atomic E-state index is 13.3. The summed E-state index contributed by atoms with van der Waals surface area (Å²) in [4.78, 5) is 47.0. The lowest BCUT2D eigenvalue weighted by molar-refractivity contribution is -0.152. The number of carbonyl (C=O) groups is 2. The van der Waals surface area contributed by atoms with Crippen LogP contribution in [0.25, 0.3) is 0 Å². The minimum absolute atomic E-state index is 0.0114. The molecule has 2 spiro atoms. The highest BCUT2D eigenvalue weighted by Gasteiger charge is 2.55. The second-order valence-electron chi connectivity index (χ2n) is 9.09. The number of amides is 1. The number of likely N-dealkylation sites (tertiary alicyclic amines) is 1. The monoisotopic (exact) mass is 385 g/mol. The number of nitrogens with zero attached hydrogens (tertiary/aromatic N) is 2. The van der Waals surface area contributed by atoms with Crippen LogP contribution in [0.5, 0.6) is 0 Å². The zero-order valence-corrected chi connectivity index (χ0v) is 16.4. The molecule has 0 aromatic carbocycles. The Morgan fingerprint density at radius 3 is 2.57 bits per heavy atom. The Morgan fingerprint density at radius 2 is 1.86 bits per heavy atom. The molecule has 2 aliphatic heterocycles. The van der Waals surface area contributed by atoms with Crippen LogP contribution in [0, 0.1) is 12.8 Å². The first-order valence-electron chi connectivity index (χ1n) is 10.5. The average Bonchev–Trinajstić information content (AvgIpc) is 3.35. The van der Waals surface area contributed by atoms with E-state index in [1.807, 2.05) is 11.8 Å². The lowest BCUT2D eigenvalue weighted by atomic mass is 9.75. The second kappa shape index (κ2) is 6.16. The van der Waals surface area contributed by atoms with E-state index in [1.54, 1.807) is 0 Å². The molecule has 2 saturated heterocycles. The van der Waals surface area contributed by atoms with E-state index in [1.165, 1.54) is 0 Å². The number of aryl methyl sites for hydroxylation is 1. The highest BCUT2D eigenvalue weighted by Crippen LogP contribution is 2.48. The minimum atomic E-state index is -0.546. The average molecular weight is 385 g/mol. The van der Waals surface area contributed by atoms with E-state index in [2.05, 4.69) is 9.97 Å². The highest BCUT2D eigenvalue weighted by atomic mass is 16.6. The summed E-state index contributed by atoms with van der Waals surface area (Å²) in [5.41, 5.74) is 1.13. The third-order valence-corrected chi connectivity index (χ3v) is 7.59. The largest absolute Gasteiger partial charge is 0.458 e. The van der Waals surface area contributed by atoms with Crippen molar-refractivity contribution in [3.8, 4) is 0 Å². The summed E-state index contributed by atoms with van der Waals surface area (Å²) in [6.07, 6.45) is 7.25. The van der Waals surface area contributed by atoms with E-state index >= 15 is 0 Å². The Morgan fingerprint density at radius 1 is 1.14 bits per heavy atom. The number of carbonyl (C=O) groups excluding carboxylic acids is 2. The van der Waals surface area contributed by atoms with Gasteiger partial charge in [-0.05, 0) is 58.3 Å². The molecule has 1 amide bonds. The van der Waals surface area contributed by atoms with Gasteiger partial charge >= 0.3 is 5.97 Å². The van der Waals surface area contributed by atoms with Gasteiger partial charge in [0.2, 0.25) is 5.91 Å². The van der Waals surface area contributed by atoms with Gasteiger partial charge in [0.15, 0.2) is 0 Å². The van der Waals surface area contributed by atoms with E-state index in [-0.39, 0.29) is 35.2 Å². The van der Waals surface area contributed by atoms with Crippen molar-refractivity contribution in [1.82, 2.24) is 14.9 Å². The van der Waals surface area contributed by atoms with Gasteiger partial charge in [0.05, 0.1) is 18.0 Å². The van der Waals surface area contributed by atoms with Crippen molar-refractivity contribution in [2.45, 2.75) is 75.7 Å². The van der Waals surface area contributed by atoms with E-state index in [0.717, 1.165) is 62.6 Å². The standard InChI is InChI=1S/C21H27N3O4/c1-13-22-17-14(18(26)23-13)4-7-20(17)8-10-24(11-9-20)19(27)15-12-16(25)28-21(15)5-2-3-6-21/h15H,2-12H2,1H3,(H,22,23,26). The molecule has 150 valence electrons. The lowest BCUT2D eigenvalue weighted by Gasteiger charge is -2.41. The van der Waals surface area contributed by atoms with Crippen molar-refractivity contribution in [2.75, 3.05) is 13.1 Å². The third kappa shape index (κ3) is 2.54. The molecule has 4 aliphatic rings. The zero-order valence-electron chi connectivity index (χ0n) is 16.4. The molecule has 1 atom stereocenters. The van der Waals surface area contributed by atoms with Crippen LogP contribution in [0.2, 0.25) is 0 Å². The summed E-state index contributed by atoms with van der Waals surface area (Å²) in [6.45, 7) is 3.14. The van der Waals surface area contributed by atoms with Gasteiger partial charge in [-0.3, -0.25) is 14.4 Å². The predicted molar refractivity (Wildman–Crippen MR) is 101 cm³/mol. The normalized spacial score (nSPS) is 27.4. The summed E-state index contributed by atoms with van der Waals surface area (Å²) in [6, 6.07) is 0.